The molecule has 7 nitrogen and oxygen atoms in total. The van der Waals surface area contributed by atoms with E-state index in [2.05, 4.69) is 14.7 Å². The van der Waals surface area contributed by atoms with Crippen molar-refractivity contribution in [2.75, 3.05) is 10.5 Å². The number of hydrogen-bond donors (Lipinski definition) is 1. The second-order valence-electron chi connectivity index (χ2n) is 6.23. The van der Waals surface area contributed by atoms with Crippen LogP contribution in [0.3, 0.4) is 0 Å². The summed E-state index contributed by atoms with van der Waals surface area (Å²) in [4.78, 5) is 20.9. The quantitative estimate of drug-likeness (QED) is 0.451. The van der Waals surface area contributed by atoms with Gasteiger partial charge in [-0.15, -0.1) is 0 Å². The third-order valence-electron chi connectivity index (χ3n) is 4.04. The molecular formula is C19H13ClF2N4O3S. The summed E-state index contributed by atoms with van der Waals surface area (Å²) < 4.78 is 54.7. The third kappa shape index (κ3) is 4.22. The molecule has 11 heteroatoms. The number of halogens is 3. The standard InChI is InChI=1S/C19H13ClF2N4O3S/c1-2-5-30(28,29)26-15-7-12(21)18(22)16(17(15)20)19(27)10-3-4-13-14(6-10)25-11(8-23)9-24-13/h3-4,6-7,9,26H,2,5H2,1H3. The number of anilines is 1. The Hall–Kier alpha value is -3.16. The van der Waals surface area contributed by atoms with Crippen LogP contribution in [-0.2, 0) is 10.0 Å². The number of rotatable bonds is 6. The van der Waals surface area contributed by atoms with Crippen molar-refractivity contribution in [1.29, 1.82) is 5.26 Å². The molecule has 0 amide bonds. The van der Waals surface area contributed by atoms with Gasteiger partial charge in [-0.2, -0.15) is 5.26 Å². The van der Waals surface area contributed by atoms with Crippen LogP contribution in [0.25, 0.3) is 11.0 Å². The molecule has 0 aliphatic rings. The molecule has 0 saturated carbocycles. The highest BCUT2D eigenvalue weighted by Gasteiger charge is 2.26. The Morgan fingerprint density at radius 3 is 2.67 bits per heavy atom. The van der Waals surface area contributed by atoms with Crippen molar-refractivity contribution in [2.24, 2.45) is 0 Å². The van der Waals surface area contributed by atoms with Crippen LogP contribution in [0.15, 0.2) is 30.5 Å². The summed E-state index contributed by atoms with van der Waals surface area (Å²) in [5, 5.41) is 8.36. The molecule has 0 unspecified atom stereocenters. The molecule has 0 bridgehead atoms. The number of ketones is 1. The summed E-state index contributed by atoms with van der Waals surface area (Å²) in [5.74, 6) is -4.21. The summed E-state index contributed by atoms with van der Waals surface area (Å²) in [6.07, 6.45) is 1.53. The Morgan fingerprint density at radius 1 is 1.27 bits per heavy atom. The van der Waals surface area contributed by atoms with Gasteiger partial charge in [0.2, 0.25) is 10.0 Å². The Kier molecular flexibility index (Phi) is 5.96. The largest absolute Gasteiger partial charge is 0.288 e. The van der Waals surface area contributed by atoms with Gasteiger partial charge in [-0.25, -0.2) is 22.2 Å². The SMILES string of the molecule is CCCS(=O)(=O)Nc1cc(F)c(F)c(C(=O)c2ccc3ncc(C#N)nc3c2)c1Cl. The molecule has 1 aromatic heterocycles. The number of nitrogens with one attached hydrogen (secondary N) is 1. The van der Waals surface area contributed by atoms with Crippen LogP contribution in [0.4, 0.5) is 14.5 Å². The first kappa shape index (κ1) is 21.5. The van der Waals surface area contributed by atoms with E-state index in [4.69, 9.17) is 16.9 Å². The van der Waals surface area contributed by atoms with E-state index in [9.17, 15) is 22.0 Å². The van der Waals surface area contributed by atoms with Gasteiger partial charge >= 0.3 is 0 Å². The highest BCUT2D eigenvalue weighted by Crippen LogP contribution is 2.33. The summed E-state index contributed by atoms with van der Waals surface area (Å²) in [7, 11) is -3.86. The van der Waals surface area contributed by atoms with E-state index in [0.717, 1.165) is 0 Å². The molecule has 1 heterocycles. The topological polar surface area (TPSA) is 113 Å². The number of carbonyl (C=O) groups is 1. The van der Waals surface area contributed by atoms with Gasteiger partial charge in [0.15, 0.2) is 23.1 Å². The minimum atomic E-state index is -3.86. The van der Waals surface area contributed by atoms with Gasteiger partial charge in [0.1, 0.15) is 6.07 Å². The van der Waals surface area contributed by atoms with Crippen molar-refractivity contribution in [2.45, 2.75) is 13.3 Å². The fourth-order valence-corrected chi connectivity index (χ4v) is 4.18. The van der Waals surface area contributed by atoms with Crippen LogP contribution in [0.1, 0.15) is 35.0 Å². The summed E-state index contributed by atoms with van der Waals surface area (Å²) >= 11 is 6.08. The fourth-order valence-electron chi connectivity index (χ4n) is 2.72. The molecule has 0 atom stereocenters. The van der Waals surface area contributed by atoms with Crippen molar-refractivity contribution < 1.29 is 22.0 Å². The predicted octanol–water partition coefficient (Wildman–Crippen LogP) is 3.82. The molecule has 3 rings (SSSR count). The smallest absolute Gasteiger partial charge is 0.232 e. The second-order valence-corrected chi connectivity index (χ2v) is 8.45. The van der Waals surface area contributed by atoms with Gasteiger partial charge in [0.05, 0.1) is 39.3 Å². The second kappa shape index (κ2) is 8.30. The molecule has 0 spiro atoms. The van der Waals surface area contributed by atoms with Crippen LogP contribution >= 0.6 is 11.6 Å². The fraction of sp³-hybridized carbons (Fsp3) is 0.158. The zero-order chi connectivity index (χ0) is 22.1. The highest BCUT2D eigenvalue weighted by atomic mass is 35.5. The van der Waals surface area contributed by atoms with Gasteiger partial charge in [-0.1, -0.05) is 18.5 Å². The lowest BCUT2D eigenvalue weighted by molar-refractivity contribution is 0.103. The highest BCUT2D eigenvalue weighted by molar-refractivity contribution is 7.92. The first-order valence-corrected chi connectivity index (χ1v) is 10.6. The molecule has 30 heavy (non-hydrogen) atoms. The molecule has 0 saturated heterocycles. The molecule has 2 aromatic carbocycles. The molecule has 1 N–H and O–H groups in total. The van der Waals surface area contributed by atoms with Gasteiger partial charge in [-0.05, 0) is 24.6 Å². The predicted molar refractivity (Wildman–Crippen MR) is 107 cm³/mol. The van der Waals surface area contributed by atoms with Gasteiger partial charge < -0.3 is 0 Å². The number of aromatic nitrogens is 2. The van der Waals surface area contributed by atoms with Crippen molar-refractivity contribution in [1.82, 2.24) is 9.97 Å². The van der Waals surface area contributed by atoms with E-state index in [1.54, 1.807) is 6.92 Å². The average Bonchev–Trinajstić information content (AvgIpc) is 2.70. The van der Waals surface area contributed by atoms with E-state index < -0.39 is 43.7 Å². The van der Waals surface area contributed by atoms with Gasteiger partial charge in [0, 0.05) is 11.6 Å². The summed E-state index contributed by atoms with van der Waals surface area (Å²) in [5.41, 5.74) is -0.786. The third-order valence-corrected chi connectivity index (χ3v) is 5.91. The van der Waals surface area contributed by atoms with Crippen LogP contribution in [0.5, 0.6) is 0 Å². The minimum Gasteiger partial charge on any atom is -0.288 e. The zero-order valence-corrected chi connectivity index (χ0v) is 17.0. The molecule has 3 aromatic rings. The molecule has 0 radical (unpaired) electrons. The van der Waals surface area contributed by atoms with Crippen molar-refractivity contribution >= 4 is 44.1 Å². The summed E-state index contributed by atoms with van der Waals surface area (Å²) in [6, 6.07) is 6.38. The molecular weight excluding hydrogens is 438 g/mol. The Morgan fingerprint density at radius 2 is 2.00 bits per heavy atom. The average molecular weight is 451 g/mol. The maximum absolute atomic E-state index is 14.5. The minimum absolute atomic E-state index is 0.00897. The van der Waals surface area contributed by atoms with Crippen LogP contribution in [0.2, 0.25) is 5.02 Å². The number of sulfonamides is 1. The number of fused-ring (bicyclic) bond motifs is 1. The summed E-state index contributed by atoms with van der Waals surface area (Å²) in [6.45, 7) is 1.63. The zero-order valence-electron chi connectivity index (χ0n) is 15.4. The maximum atomic E-state index is 14.5. The van der Waals surface area contributed by atoms with Crippen molar-refractivity contribution in [3.63, 3.8) is 0 Å². The van der Waals surface area contributed by atoms with E-state index in [1.807, 2.05) is 6.07 Å². The number of hydrogen-bond acceptors (Lipinski definition) is 6. The van der Waals surface area contributed by atoms with E-state index in [0.29, 0.717) is 11.6 Å². The van der Waals surface area contributed by atoms with Gasteiger partial charge in [-0.3, -0.25) is 14.5 Å². The lowest BCUT2D eigenvalue weighted by Gasteiger charge is -2.13. The normalized spacial score (nSPS) is 11.3. The first-order valence-electron chi connectivity index (χ1n) is 8.56. The van der Waals surface area contributed by atoms with Crippen LogP contribution in [0, 0.1) is 23.0 Å². The number of nitrogens with zero attached hydrogens (tertiary/aromatic N) is 3. The number of carbonyl (C=O) groups excluding carboxylic acids is 1. The molecule has 154 valence electrons. The van der Waals surface area contributed by atoms with Crippen molar-refractivity contribution in [3.8, 4) is 6.07 Å². The van der Waals surface area contributed by atoms with E-state index >= 15 is 0 Å². The lowest BCUT2D eigenvalue weighted by atomic mass is 10.0. The Balaban J connectivity index is 2.12. The Bertz CT molecular complexity index is 1320. The maximum Gasteiger partial charge on any atom is 0.232 e. The van der Waals surface area contributed by atoms with Gasteiger partial charge in [0.25, 0.3) is 0 Å². The van der Waals surface area contributed by atoms with E-state index in [1.165, 1.54) is 24.4 Å². The number of benzene rings is 2. The van der Waals surface area contributed by atoms with E-state index in [-0.39, 0.29) is 28.9 Å². The Labute approximate surface area is 175 Å². The van der Waals surface area contributed by atoms with Crippen LogP contribution in [-0.4, -0.2) is 29.9 Å². The molecule has 0 fully saturated rings. The molecule has 0 aliphatic carbocycles. The monoisotopic (exact) mass is 450 g/mol. The first-order chi connectivity index (χ1) is 14.2. The molecule has 0 aliphatic heterocycles. The lowest BCUT2D eigenvalue weighted by Crippen LogP contribution is -2.18. The number of nitriles is 1. The van der Waals surface area contributed by atoms with Crippen molar-refractivity contribution in [3.05, 3.63) is 63.9 Å². The van der Waals surface area contributed by atoms with Crippen LogP contribution < -0.4 is 4.72 Å².